The second kappa shape index (κ2) is 5.39. The van der Waals surface area contributed by atoms with Gasteiger partial charge in [-0.3, -0.25) is 0 Å². The molecule has 1 atom stereocenters. The summed E-state index contributed by atoms with van der Waals surface area (Å²) in [5.74, 6) is 1.12. The maximum atomic E-state index is 11.6. The molecule has 0 aliphatic rings. The van der Waals surface area contributed by atoms with Gasteiger partial charge in [0.25, 0.3) is 0 Å². The largest absolute Gasteiger partial charge is 0.444 e. The molecule has 1 rings (SSSR count). The van der Waals surface area contributed by atoms with Gasteiger partial charge in [-0.25, -0.2) is 9.78 Å². The molecule has 1 heterocycles. The van der Waals surface area contributed by atoms with E-state index in [0.29, 0.717) is 5.89 Å². The lowest BCUT2D eigenvalue weighted by Gasteiger charge is -2.21. The molecule has 102 valence electrons. The summed E-state index contributed by atoms with van der Waals surface area (Å²) in [5.41, 5.74) is 5.84. The fourth-order valence-electron chi connectivity index (χ4n) is 1.32. The number of nitrogens with two attached hydrogens (primary N) is 1. The molecular formula is C12H21N3O3. The number of alkyl carbamates (subject to hydrolysis) is 1. The Morgan fingerprint density at radius 1 is 1.50 bits per heavy atom. The lowest BCUT2D eigenvalue weighted by Crippen LogP contribution is -2.37. The molecule has 3 N–H and O–H groups in total. The average Bonchev–Trinajstić information content (AvgIpc) is 2.53. The van der Waals surface area contributed by atoms with Crippen molar-refractivity contribution < 1.29 is 13.9 Å². The van der Waals surface area contributed by atoms with Crippen LogP contribution in [0.4, 0.5) is 4.79 Å². The zero-order valence-electron chi connectivity index (χ0n) is 11.5. The molecule has 0 aromatic carbocycles. The minimum absolute atomic E-state index is 0.193. The van der Waals surface area contributed by atoms with Gasteiger partial charge in [0.1, 0.15) is 17.4 Å². The van der Waals surface area contributed by atoms with E-state index in [9.17, 15) is 4.79 Å². The number of nitrogens with zero attached hydrogens (tertiary/aromatic N) is 1. The summed E-state index contributed by atoms with van der Waals surface area (Å²) in [5, 5.41) is 2.64. The number of hydrogen-bond donors (Lipinski definition) is 2. The summed E-state index contributed by atoms with van der Waals surface area (Å²) in [4.78, 5) is 15.8. The van der Waals surface area contributed by atoms with Crippen LogP contribution in [-0.4, -0.2) is 23.2 Å². The van der Waals surface area contributed by atoms with Gasteiger partial charge in [0.05, 0.1) is 5.69 Å². The van der Waals surface area contributed by atoms with E-state index in [2.05, 4.69) is 10.3 Å². The quantitative estimate of drug-likeness (QED) is 0.859. The fraction of sp³-hybridized carbons (Fsp3) is 0.667. The number of aryl methyl sites for hydroxylation is 2. The van der Waals surface area contributed by atoms with Gasteiger partial charge in [-0.15, -0.1) is 0 Å². The van der Waals surface area contributed by atoms with E-state index in [-0.39, 0.29) is 6.54 Å². The first-order valence-electron chi connectivity index (χ1n) is 5.86. The number of carbonyl (C=O) groups excluding carboxylic acids is 1. The van der Waals surface area contributed by atoms with Gasteiger partial charge in [0.2, 0.25) is 5.89 Å². The zero-order valence-corrected chi connectivity index (χ0v) is 11.5. The Bertz CT molecular complexity index is 401. The summed E-state index contributed by atoms with van der Waals surface area (Å²) in [6.45, 7) is 9.23. The van der Waals surface area contributed by atoms with E-state index in [1.807, 2.05) is 13.8 Å². The average molecular weight is 255 g/mol. The topological polar surface area (TPSA) is 90.4 Å². The fourth-order valence-corrected chi connectivity index (χ4v) is 1.32. The number of nitrogens with one attached hydrogen (secondary N) is 1. The van der Waals surface area contributed by atoms with Gasteiger partial charge in [-0.2, -0.15) is 0 Å². The second-order valence-electron chi connectivity index (χ2n) is 5.13. The number of rotatable bonds is 3. The van der Waals surface area contributed by atoms with Crippen molar-refractivity contribution in [2.24, 2.45) is 5.73 Å². The van der Waals surface area contributed by atoms with E-state index >= 15 is 0 Å². The van der Waals surface area contributed by atoms with Crippen LogP contribution in [0.2, 0.25) is 0 Å². The molecule has 0 saturated carbocycles. The predicted molar refractivity (Wildman–Crippen MR) is 67.1 cm³/mol. The molecule has 1 aromatic heterocycles. The van der Waals surface area contributed by atoms with Crippen molar-refractivity contribution in [3.8, 4) is 0 Å². The first-order valence-corrected chi connectivity index (χ1v) is 5.86. The smallest absolute Gasteiger partial charge is 0.408 e. The van der Waals surface area contributed by atoms with Gasteiger partial charge in [0.15, 0.2) is 0 Å². The van der Waals surface area contributed by atoms with Crippen LogP contribution in [0, 0.1) is 13.8 Å². The van der Waals surface area contributed by atoms with Crippen LogP contribution in [0.5, 0.6) is 0 Å². The Labute approximate surface area is 107 Å². The number of aromatic nitrogens is 1. The van der Waals surface area contributed by atoms with Crippen molar-refractivity contribution in [1.82, 2.24) is 10.3 Å². The number of ether oxygens (including phenoxy) is 1. The summed E-state index contributed by atoms with van der Waals surface area (Å²) < 4.78 is 10.6. The third-order valence-electron chi connectivity index (χ3n) is 2.27. The molecule has 1 amide bonds. The molecule has 1 unspecified atom stereocenters. The molecule has 1 aromatic rings. The Hall–Kier alpha value is -1.56. The zero-order chi connectivity index (χ0) is 13.9. The van der Waals surface area contributed by atoms with Gasteiger partial charge < -0.3 is 20.2 Å². The van der Waals surface area contributed by atoms with E-state index < -0.39 is 17.7 Å². The summed E-state index contributed by atoms with van der Waals surface area (Å²) >= 11 is 0. The number of hydrogen-bond acceptors (Lipinski definition) is 5. The minimum Gasteiger partial charge on any atom is -0.444 e. The van der Waals surface area contributed by atoms with Crippen molar-refractivity contribution in [3.63, 3.8) is 0 Å². The van der Waals surface area contributed by atoms with E-state index in [1.54, 1.807) is 20.8 Å². The predicted octanol–water partition coefficient (Wildman–Crippen LogP) is 1.82. The maximum absolute atomic E-state index is 11.6. The van der Waals surface area contributed by atoms with Crippen molar-refractivity contribution in [2.75, 3.05) is 6.54 Å². The molecule has 0 aliphatic heterocycles. The summed E-state index contributed by atoms with van der Waals surface area (Å²) in [6, 6.07) is -0.479. The van der Waals surface area contributed by atoms with Gasteiger partial charge in [-0.1, -0.05) is 0 Å². The van der Waals surface area contributed by atoms with Crippen LogP contribution >= 0.6 is 0 Å². The highest BCUT2D eigenvalue weighted by Gasteiger charge is 2.23. The van der Waals surface area contributed by atoms with Crippen LogP contribution in [0.15, 0.2) is 4.42 Å². The number of carbonyl (C=O) groups is 1. The molecular weight excluding hydrogens is 234 g/mol. The van der Waals surface area contributed by atoms with Gasteiger partial charge >= 0.3 is 6.09 Å². The Morgan fingerprint density at radius 3 is 2.50 bits per heavy atom. The third-order valence-corrected chi connectivity index (χ3v) is 2.27. The molecule has 0 radical (unpaired) electrons. The van der Waals surface area contributed by atoms with Gasteiger partial charge in [0, 0.05) is 6.54 Å². The van der Waals surface area contributed by atoms with Crippen molar-refractivity contribution in [1.29, 1.82) is 0 Å². The molecule has 0 spiro atoms. The standard InChI is InChI=1S/C12H21N3O3/c1-7-8(2)17-10(14-7)9(6-13)15-11(16)18-12(3,4)5/h9H,6,13H2,1-5H3,(H,15,16). The monoisotopic (exact) mass is 255 g/mol. The minimum atomic E-state index is -0.550. The molecule has 6 heteroatoms. The van der Waals surface area contributed by atoms with Crippen LogP contribution in [0.1, 0.15) is 44.2 Å². The first-order chi connectivity index (χ1) is 8.23. The van der Waals surface area contributed by atoms with E-state index in [1.165, 1.54) is 0 Å². The van der Waals surface area contributed by atoms with Crippen LogP contribution < -0.4 is 11.1 Å². The van der Waals surface area contributed by atoms with Crippen molar-refractivity contribution >= 4 is 6.09 Å². The molecule has 0 aliphatic carbocycles. The SMILES string of the molecule is Cc1nc(C(CN)NC(=O)OC(C)(C)C)oc1C. The lowest BCUT2D eigenvalue weighted by atomic mass is 10.2. The van der Waals surface area contributed by atoms with E-state index in [4.69, 9.17) is 14.9 Å². The highest BCUT2D eigenvalue weighted by molar-refractivity contribution is 5.68. The maximum Gasteiger partial charge on any atom is 0.408 e. The van der Waals surface area contributed by atoms with Gasteiger partial charge in [-0.05, 0) is 34.6 Å². The molecule has 18 heavy (non-hydrogen) atoms. The third kappa shape index (κ3) is 4.03. The van der Waals surface area contributed by atoms with Crippen LogP contribution in [0.3, 0.4) is 0 Å². The number of amides is 1. The van der Waals surface area contributed by atoms with E-state index in [0.717, 1.165) is 11.5 Å². The van der Waals surface area contributed by atoms with Crippen molar-refractivity contribution in [2.45, 2.75) is 46.3 Å². The highest BCUT2D eigenvalue weighted by atomic mass is 16.6. The normalized spacial score (nSPS) is 13.2. The molecule has 0 bridgehead atoms. The highest BCUT2D eigenvalue weighted by Crippen LogP contribution is 2.16. The summed E-state index contributed by atoms with van der Waals surface area (Å²) in [7, 11) is 0. The number of oxazole rings is 1. The van der Waals surface area contributed by atoms with Crippen molar-refractivity contribution in [3.05, 3.63) is 17.3 Å². The van der Waals surface area contributed by atoms with Crippen LogP contribution in [0.25, 0.3) is 0 Å². The Kier molecular flexibility index (Phi) is 4.34. The molecule has 0 saturated heterocycles. The Balaban J connectivity index is 2.71. The summed E-state index contributed by atoms with van der Waals surface area (Å²) in [6.07, 6.45) is -0.536. The molecule has 6 nitrogen and oxygen atoms in total. The van der Waals surface area contributed by atoms with Crippen LogP contribution in [-0.2, 0) is 4.74 Å². The first kappa shape index (κ1) is 14.5. The Morgan fingerprint density at radius 2 is 2.11 bits per heavy atom. The second-order valence-corrected chi connectivity index (χ2v) is 5.13. The molecule has 0 fully saturated rings. The lowest BCUT2D eigenvalue weighted by molar-refractivity contribution is 0.0497.